The Bertz CT molecular complexity index is 781. The fourth-order valence-corrected chi connectivity index (χ4v) is 4.60. The second-order valence-corrected chi connectivity index (χ2v) is 8.06. The van der Waals surface area contributed by atoms with Gasteiger partial charge in [0, 0.05) is 24.6 Å². The third-order valence-electron chi connectivity index (χ3n) is 4.14. The molecule has 1 aliphatic heterocycles. The standard InChI is InChI=1S/C20H23NO4S2/c1-2-3-10-24-11-6-9-21-19(22)17(16-8-5-13-26-16)18(20(21)23)27-14-15-7-4-12-25-15/h4-5,7-8,12-13H,2-3,6,9-11,14H2,1H3. The lowest BCUT2D eigenvalue weighted by molar-refractivity contribution is -0.136. The first-order chi connectivity index (χ1) is 13.2. The van der Waals surface area contributed by atoms with Crippen LogP contribution in [0.15, 0.2) is 45.2 Å². The van der Waals surface area contributed by atoms with E-state index in [0.29, 0.717) is 35.8 Å². The van der Waals surface area contributed by atoms with Crippen molar-refractivity contribution in [3.63, 3.8) is 0 Å². The molecule has 0 aromatic carbocycles. The first kappa shape index (κ1) is 19.9. The molecule has 0 fully saturated rings. The zero-order valence-electron chi connectivity index (χ0n) is 15.3. The molecule has 1 aliphatic rings. The summed E-state index contributed by atoms with van der Waals surface area (Å²) in [5.74, 6) is 0.872. The van der Waals surface area contributed by atoms with E-state index in [1.54, 1.807) is 6.26 Å². The number of thiophene rings is 1. The quantitative estimate of drug-likeness (QED) is 0.405. The molecule has 5 nitrogen and oxygen atoms in total. The second kappa shape index (κ2) is 9.92. The van der Waals surface area contributed by atoms with E-state index in [9.17, 15) is 9.59 Å². The third kappa shape index (κ3) is 4.91. The number of hydrogen-bond acceptors (Lipinski definition) is 6. The van der Waals surface area contributed by atoms with Crippen molar-refractivity contribution in [1.82, 2.24) is 4.90 Å². The van der Waals surface area contributed by atoms with Crippen molar-refractivity contribution in [3.8, 4) is 0 Å². The van der Waals surface area contributed by atoms with Gasteiger partial charge in [-0.1, -0.05) is 19.4 Å². The highest BCUT2D eigenvalue weighted by Gasteiger charge is 2.39. The number of hydrogen-bond donors (Lipinski definition) is 0. The lowest BCUT2D eigenvalue weighted by atomic mass is 10.2. The Morgan fingerprint density at radius 2 is 2.00 bits per heavy atom. The van der Waals surface area contributed by atoms with Gasteiger partial charge in [-0.2, -0.15) is 0 Å². The summed E-state index contributed by atoms with van der Waals surface area (Å²) in [6.45, 7) is 3.77. The van der Waals surface area contributed by atoms with E-state index in [1.165, 1.54) is 28.0 Å². The van der Waals surface area contributed by atoms with Crippen LogP contribution >= 0.6 is 23.1 Å². The monoisotopic (exact) mass is 405 g/mol. The maximum atomic E-state index is 12.9. The van der Waals surface area contributed by atoms with Crippen molar-refractivity contribution in [2.75, 3.05) is 19.8 Å². The fraction of sp³-hybridized carbons (Fsp3) is 0.400. The van der Waals surface area contributed by atoms with E-state index in [-0.39, 0.29) is 11.8 Å². The molecule has 0 spiro atoms. The molecule has 27 heavy (non-hydrogen) atoms. The number of imide groups is 1. The van der Waals surface area contributed by atoms with Crippen molar-refractivity contribution in [3.05, 3.63) is 51.5 Å². The van der Waals surface area contributed by atoms with Crippen molar-refractivity contribution in [1.29, 1.82) is 0 Å². The lowest BCUT2D eigenvalue weighted by Gasteiger charge is -2.14. The molecule has 2 aromatic heterocycles. The van der Waals surface area contributed by atoms with Gasteiger partial charge in [0.1, 0.15) is 5.76 Å². The van der Waals surface area contributed by atoms with E-state index < -0.39 is 0 Å². The van der Waals surface area contributed by atoms with E-state index in [1.807, 2.05) is 29.6 Å². The van der Waals surface area contributed by atoms with E-state index in [2.05, 4.69) is 6.92 Å². The van der Waals surface area contributed by atoms with Crippen LogP contribution in [-0.4, -0.2) is 36.5 Å². The van der Waals surface area contributed by atoms with Gasteiger partial charge in [-0.3, -0.25) is 14.5 Å². The van der Waals surface area contributed by atoms with Gasteiger partial charge in [-0.25, -0.2) is 0 Å². The van der Waals surface area contributed by atoms with E-state index in [0.717, 1.165) is 30.1 Å². The Hall–Kier alpha value is -1.83. The molecule has 2 aromatic rings. The molecule has 2 amide bonds. The molecule has 0 saturated carbocycles. The number of carbonyl (C=O) groups excluding carboxylic acids is 2. The van der Waals surface area contributed by atoms with Gasteiger partial charge in [-0.05, 0) is 36.4 Å². The normalized spacial score (nSPS) is 14.6. The predicted octanol–water partition coefficient (Wildman–Crippen LogP) is 4.56. The number of unbranched alkanes of at least 4 members (excludes halogenated alkanes) is 1. The number of rotatable bonds is 11. The Balaban J connectivity index is 1.67. The second-order valence-electron chi connectivity index (χ2n) is 6.13. The van der Waals surface area contributed by atoms with Crippen molar-refractivity contribution < 1.29 is 18.7 Å². The smallest absolute Gasteiger partial charge is 0.268 e. The molecule has 0 saturated heterocycles. The maximum absolute atomic E-state index is 12.9. The predicted molar refractivity (Wildman–Crippen MR) is 108 cm³/mol. The van der Waals surface area contributed by atoms with Crippen LogP contribution in [0.3, 0.4) is 0 Å². The molecule has 3 rings (SSSR count). The van der Waals surface area contributed by atoms with E-state index in [4.69, 9.17) is 9.15 Å². The lowest BCUT2D eigenvalue weighted by Crippen LogP contribution is -2.33. The highest BCUT2D eigenvalue weighted by molar-refractivity contribution is 8.03. The summed E-state index contributed by atoms with van der Waals surface area (Å²) in [4.78, 5) is 28.5. The number of nitrogens with zero attached hydrogens (tertiary/aromatic N) is 1. The summed E-state index contributed by atoms with van der Waals surface area (Å²) in [5, 5.41) is 1.92. The Kier molecular flexibility index (Phi) is 7.32. The van der Waals surface area contributed by atoms with Crippen LogP contribution in [-0.2, 0) is 20.1 Å². The van der Waals surface area contributed by atoms with Crippen molar-refractivity contribution in [2.45, 2.75) is 31.9 Å². The molecule has 0 unspecified atom stereocenters. The van der Waals surface area contributed by atoms with Gasteiger partial charge in [0.2, 0.25) is 0 Å². The summed E-state index contributed by atoms with van der Waals surface area (Å²) in [5.41, 5.74) is 0.512. The van der Waals surface area contributed by atoms with Crippen LogP contribution < -0.4 is 0 Å². The van der Waals surface area contributed by atoms with Gasteiger partial charge in [-0.15, -0.1) is 23.1 Å². The van der Waals surface area contributed by atoms with Gasteiger partial charge >= 0.3 is 0 Å². The SMILES string of the molecule is CCCCOCCCN1C(=O)C(SCc2ccco2)=C(c2cccs2)C1=O. The number of thioether (sulfide) groups is 1. The van der Waals surface area contributed by atoms with Gasteiger partial charge in [0.15, 0.2) is 0 Å². The average molecular weight is 406 g/mol. The fourth-order valence-electron chi connectivity index (χ4n) is 2.74. The highest BCUT2D eigenvalue weighted by Crippen LogP contribution is 2.39. The Morgan fingerprint density at radius 1 is 1.15 bits per heavy atom. The van der Waals surface area contributed by atoms with Crippen LogP contribution in [0.5, 0.6) is 0 Å². The Morgan fingerprint density at radius 3 is 2.70 bits per heavy atom. The summed E-state index contributed by atoms with van der Waals surface area (Å²) in [6, 6.07) is 7.46. The molecule has 7 heteroatoms. The number of ether oxygens (including phenoxy) is 1. The van der Waals surface area contributed by atoms with E-state index >= 15 is 0 Å². The first-order valence-corrected chi connectivity index (χ1v) is 11.0. The number of carbonyl (C=O) groups is 2. The number of furan rings is 1. The van der Waals surface area contributed by atoms with Crippen LogP contribution in [0.25, 0.3) is 5.57 Å². The Labute approximate surface area is 167 Å². The zero-order valence-corrected chi connectivity index (χ0v) is 16.9. The third-order valence-corrected chi connectivity index (χ3v) is 6.13. The minimum atomic E-state index is -0.214. The zero-order chi connectivity index (χ0) is 19.1. The summed E-state index contributed by atoms with van der Waals surface area (Å²) in [7, 11) is 0. The molecular formula is C20H23NO4S2. The van der Waals surface area contributed by atoms with Crippen LogP contribution in [0, 0.1) is 0 Å². The largest absolute Gasteiger partial charge is 0.468 e. The van der Waals surface area contributed by atoms with Gasteiger partial charge in [0.25, 0.3) is 11.8 Å². The molecule has 0 atom stereocenters. The van der Waals surface area contributed by atoms with Crippen molar-refractivity contribution >= 4 is 40.5 Å². The number of amides is 2. The summed E-state index contributed by atoms with van der Waals surface area (Å²) >= 11 is 2.84. The van der Waals surface area contributed by atoms with Gasteiger partial charge in [0.05, 0.1) is 22.5 Å². The topological polar surface area (TPSA) is 59.8 Å². The summed E-state index contributed by atoms with van der Waals surface area (Å²) in [6.07, 6.45) is 4.37. The molecule has 0 radical (unpaired) electrons. The minimum absolute atomic E-state index is 0.210. The van der Waals surface area contributed by atoms with Crippen LogP contribution in [0.1, 0.15) is 36.8 Å². The highest BCUT2D eigenvalue weighted by atomic mass is 32.2. The molecule has 3 heterocycles. The summed E-state index contributed by atoms with van der Waals surface area (Å²) < 4.78 is 10.9. The molecule has 144 valence electrons. The van der Waals surface area contributed by atoms with Crippen LogP contribution in [0.2, 0.25) is 0 Å². The molecular weight excluding hydrogens is 382 g/mol. The maximum Gasteiger partial charge on any atom is 0.268 e. The molecule has 0 aliphatic carbocycles. The molecule has 0 bridgehead atoms. The van der Waals surface area contributed by atoms with Crippen molar-refractivity contribution in [2.24, 2.45) is 0 Å². The first-order valence-electron chi connectivity index (χ1n) is 9.09. The van der Waals surface area contributed by atoms with Crippen LogP contribution in [0.4, 0.5) is 0 Å². The average Bonchev–Trinajstić information content (AvgIpc) is 3.40. The molecule has 0 N–H and O–H groups in total. The van der Waals surface area contributed by atoms with Gasteiger partial charge < -0.3 is 9.15 Å². The minimum Gasteiger partial charge on any atom is -0.468 e.